The van der Waals surface area contributed by atoms with Crippen LogP contribution in [0.2, 0.25) is 0 Å². The molecule has 38 heavy (non-hydrogen) atoms. The fourth-order valence-corrected chi connectivity index (χ4v) is 5.80. The fraction of sp³-hybridized carbons (Fsp3) is 0.500. The first kappa shape index (κ1) is 24.4. The van der Waals surface area contributed by atoms with Crippen molar-refractivity contribution in [1.82, 2.24) is 30.0 Å². The fourth-order valence-electron chi connectivity index (χ4n) is 5.80. The number of benzene rings is 1. The zero-order valence-electron chi connectivity index (χ0n) is 21.6. The average molecular weight is 521 g/mol. The van der Waals surface area contributed by atoms with Gasteiger partial charge < -0.3 is 29.9 Å². The largest absolute Gasteiger partial charge is 0.453 e. The molecule has 0 radical (unpaired) electrons. The van der Waals surface area contributed by atoms with Gasteiger partial charge in [-0.2, -0.15) is 5.10 Å². The van der Waals surface area contributed by atoms with Crippen LogP contribution in [0.25, 0.3) is 22.4 Å². The third kappa shape index (κ3) is 4.38. The van der Waals surface area contributed by atoms with E-state index in [2.05, 4.69) is 15.5 Å². The number of morpholine rings is 1. The van der Waals surface area contributed by atoms with E-state index < -0.39 is 0 Å². The Morgan fingerprint density at radius 2 is 1.71 bits per heavy atom. The number of hydrogen-bond donors (Lipinski definition) is 2. The van der Waals surface area contributed by atoms with Gasteiger partial charge in [-0.3, -0.25) is 0 Å². The molecule has 3 aromatic rings. The van der Waals surface area contributed by atoms with Crippen molar-refractivity contribution >= 4 is 34.7 Å². The van der Waals surface area contributed by atoms with Crippen molar-refractivity contribution in [2.24, 2.45) is 0 Å². The molecule has 3 amide bonds. The van der Waals surface area contributed by atoms with Crippen LogP contribution in [0.4, 0.5) is 21.1 Å². The predicted octanol–water partition coefficient (Wildman–Crippen LogP) is 3.02. The molecule has 0 spiro atoms. The third-order valence-corrected chi connectivity index (χ3v) is 7.79. The number of fused-ring (bicyclic) bond motifs is 3. The van der Waals surface area contributed by atoms with Gasteiger partial charge in [0.25, 0.3) is 0 Å². The van der Waals surface area contributed by atoms with E-state index in [1.54, 1.807) is 11.9 Å². The number of amides is 3. The second-order valence-corrected chi connectivity index (χ2v) is 10.00. The molecule has 3 aliphatic rings. The van der Waals surface area contributed by atoms with Crippen molar-refractivity contribution in [3.8, 4) is 11.4 Å². The summed E-state index contributed by atoms with van der Waals surface area (Å²) in [6, 6.07) is 7.93. The number of methoxy groups -OCH3 is 1. The Kier molecular flexibility index (Phi) is 6.48. The minimum Gasteiger partial charge on any atom is -0.453 e. The molecule has 12 heteroatoms. The van der Waals surface area contributed by atoms with Gasteiger partial charge >= 0.3 is 12.1 Å². The number of hydrogen-bond acceptors (Lipinski definition) is 8. The summed E-state index contributed by atoms with van der Waals surface area (Å²) in [6.45, 7) is 2.60. The number of nitrogens with one attached hydrogen (secondary N) is 2. The van der Waals surface area contributed by atoms with Gasteiger partial charge in [0.05, 0.1) is 50.0 Å². The molecule has 0 saturated carbocycles. The van der Waals surface area contributed by atoms with Gasteiger partial charge in [0.15, 0.2) is 11.5 Å². The van der Waals surface area contributed by atoms with Crippen LogP contribution < -0.4 is 15.5 Å². The lowest BCUT2D eigenvalue weighted by Gasteiger charge is -2.36. The molecule has 2 bridgehead atoms. The Balaban J connectivity index is 1.38. The van der Waals surface area contributed by atoms with Gasteiger partial charge in [0.2, 0.25) is 0 Å². The number of anilines is 2. The molecule has 200 valence electrons. The van der Waals surface area contributed by atoms with Crippen molar-refractivity contribution in [2.75, 3.05) is 50.7 Å². The summed E-state index contributed by atoms with van der Waals surface area (Å²) in [7, 11) is 2.99. The first-order valence-electron chi connectivity index (χ1n) is 13.1. The van der Waals surface area contributed by atoms with Crippen LogP contribution in [0.1, 0.15) is 31.7 Å². The highest BCUT2D eigenvalue weighted by Gasteiger charge is 2.40. The van der Waals surface area contributed by atoms with Gasteiger partial charge in [-0.25, -0.2) is 24.2 Å². The van der Waals surface area contributed by atoms with Gasteiger partial charge in [-0.1, -0.05) is 0 Å². The highest BCUT2D eigenvalue weighted by Crippen LogP contribution is 2.38. The molecule has 5 heterocycles. The molecule has 2 N–H and O–H groups in total. The summed E-state index contributed by atoms with van der Waals surface area (Å²) >= 11 is 0. The maximum atomic E-state index is 12.0. The van der Waals surface area contributed by atoms with Crippen molar-refractivity contribution in [3.05, 3.63) is 30.5 Å². The molecule has 2 atom stereocenters. The molecule has 6 rings (SSSR count). The summed E-state index contributed by atoms with van der Waals surface area (Å²) in [6.07, 6.45) is 5.27. The zero-order chi connectivity index (χ0) is 26.2. The van der Waals surface area contributed by atoms with Crippen LogP contribution in [0.5, 0.6) is 0 Å². The summed E-state index contributed by atoms with van der Waals surface area (Å²) in [5, 5.41) is 11.1. The lowest BCUT2D eigenvalue weighted by Crippen LogP contribution is -2.46. The van der Waals surface area contributed by atoms with Gasteiger partial charge in [-0.05, 0) is 49.9 Å². The monoisotopic (exact) mass is 520 g/mol. The molecule has 3 aliphatic heterocycles. The lowest BCUT2D eigenvalue weighted by molar-refractivity contribution is 0.0904. The number of urea groups is 1. The number of carbonyl (C=O) groups excluding carboxylic acids is 2. The summed E-state index contributed by atoms with van der Waals surface area (Å²) in [5.74, 6) is 1.50. The van der Waals surface area contributed by atoms with Crippen LogP contribution in [0.15, 0.2) is 30.5 Å². The zero-order valence-corrected chi connectivity index (χ0v) is 21.6. The second kappa shape index (κ2) is 10.1. The smallest absolute Gasteiger partial charge is 0.409 e. The van der Waals surface area contributed by atoms with E-state index in [4.69, 9.17) is 24.5 Å². The molecule has 2 unspecified atom stereocenters. The SMILES string of the molecule is CNC(=O)Nc1ccc(-c2nc(N3C4CCC3COC4)c3cnn(C4CCN(C(=O)OC)CC4)c3n2)cc1. The minimum atomic E-state index is -0.294. The Hall–Kier alpha value is -3.93. The van der Waals surface area contributed by atoms with E-state index in [0.29, 0.717) is 37.8 Å². The van der Waals surface area contributed by atoms with E-state index >= 15 is 0 Å². The first-order valence-corrected chi connectivity index (χ1v) is 13.1. The maximum Gasteiger partial charge on any atom is 0.409 e. The predicted molar refractivity (Wildman–Crippen MR) is 141 cm³/mol. The van der Waals surface area contributed by atoms with Crippen LogP contribution in [-0.2, 0) is 9.47 Å². The van der Waals surface area contributed by atoms with E-state index in [1.165, 1.54) is 7.11 Å². The van der Waals surface area contributed by atoms with Crippen LogP contribution in [-0.4, -0.2) is 89.3 Å². The Labute approximate surface area is 220 Å². The van der Waals surface area contributed by atoms with Gasteiger partial charge in [-0.15, -0.1) is 0 Å². The lowest BCUT2D eigenvalue weighted by atomic mass is 10.1. The Morgan fingerprint density at radius 1 is 1.00 bits per heavy atom. The summed E-state index contributed by atoms with van der Waals surface area (Å²) in [5.41, 5.74) is 2.33. The quantitative estimate of drug-likeness (QED) is 0.538. The second-order valence-electron chi connectivity index (χ2n) is 10.00. The molecular formula is C26H32N8O4. The van der Waals surface area contributed by atoms with Crippen LogP contribution in [0, 0.1) is 0 Å². The van der Waals surface area contributed by atoms with Crippen molar-refractivity contribution < 1.29 is 19.1 Å². The molecule has 1 aromatic carbocycles. The number of piperidine rings is 1. The number of aromatic nitrogens is 4. The van der Waals surface area contributed by atoms with E-state index in [9.17, 15) is 9.59 Å². The maximum absolute atomic E-state index is 12.0. The number of rotatable bonds is 4. The number of ether oxygens (including phenoxy) is 2. The van der Waals surface area contributed by atoms with Crippen molar-refractivity contribution in [1.29, 1.82) is 0 Å². The summed E-state index contributed by atoms with van der Waals surface area (Å²) in [4.78, 5) is 37.9. The van der Waals surface area contributed by atoms with Gasteiger partial charge in [0, 0.05) is 31.4 Å². The average Bonchev–Trinajstić information content (AvgIpc) is 3.49. The highest BCUT2D eigenvalue weighted by molar-refractivity contribution is 5.90. The normalized spacial score (nSPS) is 21.5. The van der Waals surface area contributed by atoms with Crippen LogP contribution >= 0.6 is 0 Å². The van der Waals surface area contributed by atoms with Gasteiger partial charge in [0.1, 0.15) is 5.82 Å². The highest BCUT2D eigenvalue weighted by atomic mass is 16.5. The summed E-state index contributed by atoms with van der Waals surface area (Å²) < 4.78 is 12.7. The first-order chi connectivity index (χ1) is 18.6. The third-order valence-electron chi connectivity index (χ3n) is 7.79. The van der Waals surface area contributed by atoms with E-state index in [-0.39, 0.29) is 30.2 Å². The molecule has 3 fully saturated rings. The van der Waals surface area contributed by atoms with Crippen molar-refractivity contribution in [3.63, 3.8) is 0 Å². The molecule has 12 nitrogen and oxygen atoms in total. The standard InChI is InChI=1S/C26H32N8O4/c1-27-25(35)29-17-5-3-16(4-6-17)22-30-23(33-19-7-8-20(33)15-38-14-19)21-13-28-34(24(21)31-22)18-9-11-32(12-10-18)26(36)37-2/h3-6,13,18-20H,7-12,14-15H2,1-2H3,(H2,27,29,35). The molecule has 2 aromatic heterocycles. The topological polar surface area (TPSA) is 127 Å². The number of likely N-dealkylation sites (tertiary alicyclic amines) is 1. The molecule has 3 saturated heterocycles. The molecule has 0 aliphatic carbocycles. The van der Waals surface area contributed by atoms with Crippen LogP contribution in [0.3, 0.4) is 0 Å². The van der Waals surface area contributed by atoms with Crippen molar-refractivity contribution in [2.45, 2.75) is 43.8 Å². The van der Waals surface area contributed by atoms with E-state index in [1.807, 2.05) is 35.1 Å². The number of nitrogens with zero attached hydrogens (tertiary/aromatic N) is 6. The minimum absolute atomic E-state index is 0.115. The Bertz CT molecular complexity index is 1320. The molecular weight excluding hydrogens is 488 g/mol. The van der Waals surface area contributed by atoms with E-state index in [0.717, 1.165) is 48.1 Å². The Morgan fingerprint density at radius 3 is 2.37 bits per heavy atom. The number of carbonyl (C=O) groups is 2.